The molecule has 3 aromatic carbocycles. The molecule has 1 N–H and O–H groups in total. The molecule has 3 rings (SSSR count). The van der Waals surface area contributed by atoms with Crippen molar-refractivity contribution in [3.05, 3.63) is 94.5 Å². The van der Waals surface area contributed by atoms with Gasteiger partial charge in [-0.05, 0) is 67.6 Å². The second-order valence-corrected chi connectivity index (χ2v) is 9.93. The van der Waals surface area contributed by atoms with Gasteiger partial charge in [0.2, 0.25) is 5.91 Å². The summed E-state index contributed by atoms with van der Waals surface area (Å²) in [6.07, 6.45) is 1.42. The zero-order valence-electron chi connectivity index (χ0n) is 18.2. The van der Waals surface area contributed by atoms with Crippen molar-refractivity contribution >= 4 is 33.2 Å². The molecule has 0 aliphatic rings. The van der Waals surface area contributed by atoms with Crippen molar-refractivity contribution in [3.8, 4) is 0 Å². The maximum Gasteiger partial charge on any atom is 0.264 e. The van der Waals surface area contributed by atoms with Gasteiger partial charge >= 0.3 is 0 Å². The predicted octanol–water partition coefficient (Wildman–Crippen LogP) is 4.90. The Labute approximate surface area is 195 Å². The third kappa shape index (κ3) is 5.90. The molecule has 0 aliphatic carbocycles. The topological polar surface area (TPSA) is 66.5 Å². The Balaban J connectivity index is 1.75. The Kier molecular flexibility index (Phi) is 7.94. The van der Waals surface area contributed by atoms with E-state index in [2.05, 4.69) is 5.32 Å². The highest BCUT2D eigenvalue weighted by molar-refractivity contribution is 7.92. The minimum absolute atomic E-state index is 0.146. The number of amides is 1. The Morgan fingerprint density at radius 2 is 1.66 bits per heavy atom. The van der Waals surface area contributed by atoms with E-state index in [1.807, 2.05) is 50.2 Å². The quantitative estimate of drug-likeness (QED) is 0.452. The second-order valence-electron chi connectivity index (χ2n) is 7.66. The largest absolute Gasteiger partial charge is 0.355 e. The lowest BCUT2D eigenvalue weighted by molar-refractivity contribution is -0.119. The third-order valence-corrected chi connectivity index (χ3v) is 7.30. The Morgan fingerprint density at radius 1 is 0.969 bits per heavy atom. The zero-order chi connectivity index (χ0) is 23.1. The fourth-order valence-electron chi connectivity index (χ4n) is 3.40. The van der Waals surface area contributed by atoms with Crippen molar-refractivity contribution in [2.24, 2.45) is 0 Å². The van der Waals surface area contributed by atoms with Gasteiger partial charge < -0.3 is 5.32 Å². The second kappa shape index (κ2) is 10.7. The number of hydrogen-bond donors (Lipinski definition) is 1. The van der Waals surface area contributed by atoms with E-state index in [1.165, 1.54) is 16.4 Å². The first-order valence-electron chi connectivity index (χ1n) is 10.4. The summed E-state index contributed by atoms with van der Waals surface area (Å²) in [4.78, 5) is 12.9. The molecule has 32 heavy (non-hydrogen) atoms. The van der Waals surface area contributed by atoms with Crippen LogP contribution in [0.3, 0.4) is 0 Å². The van der Waals surface area contributed by atoms with E-state index >= 15 is 0 Å². The summed E-state index contributed by atoms with van der Waals surface area (Å²) in [5, 5.41) is 3.54. The highest BCUT2D eigenvalue weighted by Gasteiger charge is 2.28. The molecule has 0 atom stereocenters. The van der Waals surface area contributed by atoms with Crippen LogP contribution in [0.2, 0.25) is 5.02 Å². The molecule has 0 bridgehead atoms. The highest BCUT2D eigenvalue weighted by Crippen LogP contribution is 2.27. The van der Waals surface area contributed by atoms with Crippen LogP contribution >= 0.6 is 11.6 Å². The summed E-state index contributed by atoms with van der Waals surface area (Å²) in [5.41, 5.74) is 3.22. The number of hydrogen-bond acceptors (Lipinski definition) is 3. The first kappa shape index (κ1) is 23.8. The summed E-state index contributed by atoms with van der Waals surface area (Å²) in [6, 6.07) is 21.3. The molecule has 7 heteroatoms. The van der Waals surface area contributed by atoms with Crippen LogP contribution in [0.15, 0.2) is 77.7 Å². The van der Waals surface area contributed by atoms with Gasteiger partial charge in [-0.25, -0.2) is 8.42 Å². The molecule has 0 aliphatic heterocycles. The zero-order valence-corrected chi connectivity index (χ0v) is 19.8. The molecule has 0 unspecified atom stereocenters. The summed E-state index contributed by atoms with van der Waals surface area (Å²) >= 11 is 6.18. The number of rotatable bonds is 9. The van der Waals surface area contributed by atoms with Gasteiger partial charge in [-0.2, -0.15) is 0 Å². The number of benzene rings is 3. The number of anilines is 1. The first-order valence-corrected chi connectivity index (χ1v) is 12.3. The molecule has 0 aromatic heterocycles. The monoisotopic (exact) mass is 470 g/mol. The van der Waals surface area contributed by atoms with Crippen LogP contribution in [-0.2, 0) is 21.2 Å². The molecule has 0 saturated carbocycles. The van der Waals surface area contributed by atoms with Crippen LogP contribution in [0.5, 0.6) is 0 Å². The van der Waals surface area contributed by atoms with Gasteiger partial charge in [-0.3, -0.25) is 9.10 Å². The van der Waals surface area contributed by atoms with Crippen LogP contribution in [0.25, 0.3) is 0 Å². The minimum atomic E-state index is -3.91. The molecule has 0 spiro atoms. The molecule has 0 fully saturated rings. The molecule has 3 aromatic rings. The molecule has 0 radical (unpaired) electrons. The average molecular weight is 471 g/mol. The van der Waals surface area contributed by atoms with E-state index in [0.29, 0.717) is 23.7 Å². The third-order valence-electron chi connectivity index (χ3n) is 5.15. The van der Waals surface area contributed by atoms with Crippen molar-refractivity contribution in [2.75, 3.05) is 17.4 Å². The smallest absolute Gasteiger partial charge is 0.264 e. The number of carbonyl (C=O) groups excluding carboxylic acids is 1. The van der Waals surface area contributed by atoms with Crippen molar-refractivity contribution in [3.63, 3.8) is 0 Å². The van der Waals surface area contributed by atoms with E-state index in [-0.39, 0.29) is 17.3 Å². The van der Waals surface area contributed by atoms with Crippen LogP contribution in [0, 0.1) is 13.8 Å². The standard InChI is InChI=1S/C25H27ClN2O3S/c1-19-14-15-20(2)24(17-19)28(32(30,31)22-11-4-3-5-12-22)18-25(29)27-16-8-10-21-9-6-7-13-23(21)26/h3-7,9,11-15,17H,8,10,16,18H2,1-2H3,(H,27,29). The highest BCUT2D eigenvalue weighted by atomic mass is 35.5. The van der Waals surface area contributed by atoms with Crippen LogP contribution in [0.1, 0.15) is 23.1 Å². The maximum absolute atomic E-state index is 13.4. The van der Waals surface area contributed by atoms with Gasteiger partial charge in [-0.15, -0.1) is 0 Å². The molecular weight excluding hydrogens is 444 g/mol. The number of nitrogens with zero attached hydrogens (tertiary/aromatic N) is 1. The molecular formula is C25H27ClN2O3S. The van der Waals surface area contributed by atoms with Gasteiger partial charge in [0.15, 0.2) is 0 Å². The van der Waals surface area contributed by atoms with Crippen molar-refractivity contribution in [1.29, 1.82) is 0 Å². The summed E-state index contributed by atoms with van der Waals surface area (Å²) in [6.45, 7) is 3.86. The number of aryl methyl sites for hydroxylation is 3. The lowest BCUT2D eigenvalue weighted by atomic mass is 10.1. The number of carbonyl (C=O) groups is 1. The number of nitrogens with one attached hydrogen (secondary N) is 1. The number of halogens is 1. The van der Waals surface area contributed by atoms with E-state index in [9.17, 15) is 13.2 Å². The maximum atomic E-state index is 13.4. The Morgan fingerprint density at radius 3 is 2.38 bits per heavy atom. The van der Waals surface area contributed by atoms with Gasteiger partial charge in [0.05, 0.1) is 10.6 Å². The average Bonchev–Trinajstić information content (AvgIpc) is 2.78. The van der Waals surface area contributed by atoms with Crippen LogP contribution < -0.4 is 9.62 Å². The Bertz CT molecular complexity index is 1180. The van der Waals surface area contributed by atoms with Crippen molar-refractivity contribution in [2.45, 2.75) is 31.6 Å². The van der Waals surface area contributed by atoms with E-state index in [1.54, 1.807) is 24.3 Å². The fourth-order valence-corrected chi connectivity index (χ4v) is 5.13. The summed E-state index contributed by atoms with van der Waals surface area (Å²) < 4.78 is 28.0. The first-order chi connectivity index (χ1) is 15.3. The normalized spacial score (nSPS) is 11.2. The SMILES string of the molecule is Cc1ccc(C)c(N(CC(=O)NCCCc2ccccc2Cl)S(=O)(=O)c2ccccc2)c1. The number of sulfonamides is 1. The Hall–Kier alpha value is -2.83. The van der Waals surface area contributed by atoms with E-state index < -0.39 is 10.0 Å². The minimum Gasteiger partial charge on any atom is -0.355 e. The molecule has 5 nitrogen and oxygen atoms in total. The molecule has 0 saturated heterocycles. The van der Waals surface area contributed by atoms with Gasteiger partial charge in [0.1, 0.15) is 6.54 Å². The van der Waals surface area contributed by atoms with E-state index in [4.69, 9.17) is 11.6 Å². The predicted molar refractivity (Wildman–Crippen MR) is 130 cm³/mol. The molecule has 168 valence electrons. The summed E-state index contributed by atoms with van der Waals surface area (Å²) in [7, 11) is -3.91. The van der Waals surface area contributed by atoms with Crippen LogP contribution in [-0.4, -0.2) is 27.4 Å². The lowest BCUT2D eigenvalue weighted by Crippen LogP contribution is -2.41. The van der Waals surface area contributed by atoms with Gasteiger partial charge in [0.25, 0.3) is 10.0 Å². The van der Waals surface area contributed by atoms with Crippen LogP contribution in [0.4, 0.5) is 5.69 Å². The fraction of sp³-hybridized carbons (Fsp3) is 0.240. The molecule has 0 heterocycles. The van der Waals surface area contributed by atoms with Gasteiger partial charge in [0, 0.05) is 11.6 Å². The van der Waals surface area contributed by atoms with E-state index in [0.717, 1.165) is 23.1 Å². The van der Waals surface area contributed by atoms with Crippen molar-refractivity contribution in [1.82, 2.24) is 5.32 Å². The van der Waals surface area contributed by atoms with Gasteiger partial charge in [-0.1, -0.05) is 60.1 Å². The summed E-state index contributed by atoms with van der Waals surface area (Å²) in [5.74, 6) is -0.357. The molecule has 1 amide bonds. The lowest BCUT2D eigenvalue weighted by Gasteiger charge is -2.26. The van der Waals surface area contributed by atoms with Crippen molar-refractivity contribution < 1.29 is 13.2 Å².